The van der Waals surface area contributed by atoms with E-state index in [1.54, 1.807) is 0 Å². The van der Waals surface area contributed by atoms with E-state index in [-0.39, 0.29) is 5.91 Å². The zero-order valence-electron chi connectivity index (χ0n) is 10.4. The number of anilines is 1. The van der Waals surface area contributed by atoms with E-state index >= 15 is 0 Å². The molecule has 0 unspecified atom stereocenters. The summed E-state index contributed by atoms with van der Waals surface area (Å²) in [5.41, 5.74) is 6.54. The van der Waals surface area contributed by atoms with Crippen LogP contribution in [0.4, 0.5) is 5.69 Å². The minimum Gasteiger partial charge on any atom is -0.398 e. The molecule has 17 heavy (non-hydrogen) atoms. The largest absolute Gasteiger partial charge is 0.398 e. The highest BCUT2D eigenvalue weighted by molar-refractivity contribution is 7.14. The lowest BCUT2D eigenvalue weighted by Gasteiger charge is -2.24. The lowest BCUT2D eigenvalue weighted by Crippen LogP contribution is -2.33. The number of rotatable bonds is 1. The van der Waals surface area contributed by atoms with Crippen LogP contribution >= 0.6 is 11.3 Å². The van der Waals surface area contributed by atoms with Gasteiger partial charge in [0.2, 0.25) is 0 Å². The van der Waals surface area contributed by atoms with Crippen LogP contribution in [0.15, 0.2) is 6.07 Å². The van der Waals surface area contributed by atoms with Gasteiger partial charge in [0.05, 0.1) is 4.88 Å². The van der Waals surface area contributed by atoms with Gasteiger partial charge in [0.15, 0.2) is 0 Å². The highest BCUT2D eigenvalue weighted by atomic mass is 32.1. The third-order valence-corrected chi connectivity index (χ3v) is 4.36. The number of likely N-dealkylation sites (tertiary alicyclic amines) is 1. The van der Waals surface area contributed by atoms with Crippen molar-refractivity contribution in [2.75, 3.05) is 18.8 Å². The monoisotopic (exact) mass is 252 g/mol. The Morgan fingerprint density at radius 3 is 2.35 bits per heavy atom. The number of amides is 1. The van der Waals surface area contributed by atoms with Gasteiger partial charge < -0.3 is 10.6 Å². The Balaban J connectivity index is 2.06. The number of carbonyl (C=O) groups excluding carboxylic acids is 1. The number of hydrogen-bond acceptors (Lipinski definition) is 3. The predicted molar refractivity (Wildman–Crippen MR) is 72.5 cm³/mol. The number of nitrogens with two attached hydrogens (primary N) is 1. The molecular formula is C13H20N2OS. The van der Waals surface area contributed by atoms with Gasteiger partial charge in [0.25, 0.3) is 5.91 Å². The van der Waals surface area contributed by atoms with Crippen molar-refractivity contribution in [3.05, 3.63) is 15.8 Å². The Hall–Kier alpha value is -1.03. The SMILES string of the molecule is Cc1sc(C(=O)N2CCCCCCC2)cc1N. The zero-order valence-corrected chi connectivity index (χ0v) is 11.2. The first-order valence-corrected chi connectivity index (χ1v) is 7.15. The predicted octanol–water partition coefficient (Wildman–Crippen LogP) is 3.05. The van der Waals surface area contributed by atoms with Crippen molar-refractivity contribution in [2.45, 2.75) is 39.0 Å². The number of thiophene rings is 1. The molecule has 0 bridgehead atoms. The lowest BCUT2D eigenvalue weighted by atomic mass is 10.1. The first kappa shape index (κ1) is 12.4. The van der Waals surface area contributed by atoms with Crippen LogP contribution in [0.5, 0.6) is 0 Å². The summed E-state index contributed by atoms with van der Waals surface area (Å²) in [5, 5.41) is 0. The smallest absolute Gasteiger partial charge is 0.264 e. The van der Waals surface area contributed by atoms with Gasteiger partial charge in [-0.1, -0.05) is 19.3 Å². The normalized spacial score (nSPS) is 17.6. The maximum Gasteiger partial charge on any atom is 0.264 e. The van der Waals surface area contributed by atoms with Crippen LogP contribution in [-0.2, 0) is 0 Å². The van der Waals surface area contributed by atoms with E-state index in [1.165, 1.54) is 30.6 Å². The van der Waals surface area contributed by atoms with Crippen molar-refractivity contribution in [3.63, 3.8) is 0 Å². The highest BCUT2D eigenvalue weighted by Gasteiger charge is 2.18. The molecule has 1 saturated heterocycles. The molecule has 0 spiro atoms. The van der Waals surface area contributed by atoms with Gasteiger partial charge in [0, 0.05) is 23.7 Å². The average Bonchev–Trinajstić information content (AvgIpc) is 2.58. The number of hydrogen-bond donors (Lipinski definition) is 1. The van der Waals surface area contributed by atoms with E-state index in [1.807, 2.05) is 17.9 Å². The molecule has 1 aliphatic heterocycles. The van der Waals surface area contributed by atoms with Crippen LogP contribution in [0.1, 0.15) is 46.7 Å². The molecule has 4 heteroatoms. The Morgan fingerprint density at radius 1 is 1.24 bits per heavy atom. The molecule has 2 rings (SSSR count). The fraction of sp³-hybridized carbons (Fsp3) is 0.615. The standard InChI is InChI=1S/C13H20N2OS/c1-10-11(14)9-12(17-10)13(16)15-7-5-3-2-4-6-8-15/h9H,2-8,14H2,1H3. The average molecular weight is 252 g/mol. The summed E-state index contributed by atoms with van der Waals surface area (Å²) >= 11 is 1.51. The molecular weight excluding hydrogens is 232 g/mol. The van der Waals surface area contributed by atoms with Crippen molar-refractivity contribution in [1.29, 1.82) is 0 Å². The highest BCUT2D eigenvalue weighted by Crippen LogP contribution is 2.25. The van der Waals surface area contributed by atoms with Gasteiger partial charge in [-0.25, -0.2) is 0 Å². The molecule has 94 valence electrons. The Kier molecular flexibility index (Phi) is 4.05. The summed E-state index contributed by atoms with van der Waals surface area (Å²) in [6.07, 6.45) is 6.06. The second-order valence-corrected chi connectivity index (χ2v) is 5.94. The van der Waals surface area contributed by atoms with Gasteiger partial charge in [0.1, 0.15) is 0 Å². The summed E-state index contributed by atoms with van der Waals surface area (Å²) in [6, 6.07) is 1.82. The van der Waals surface area contributed by atoms with Crippen molar-refractivity contribution >= 4 is 22.9 Å². The van der Waals surface area contributed by atoms with Crippen LogP contribution in [0.3, 0.4) is 0 Å². The van der Waals surface area contributed by atoms with E-state index in [0.29, 0.717) is 0 Å². The summed E-state index contributed by atoms with van der Waals surface area (Å²) in [6.45, 7) is 3.76. The molecule has 0 radical (unpaired) electrons. The summed E-state index contributed by atoms with van der Waals surface area (Å²) < 4.78 is 0. The quantitative estimate of drug-likeness (QED) is 0.835. The topological polar surface area (TPSA) is 46.3 Å². The third-order valence-electron chi connectivity index (χ3n) is 3.31. The van der Waals surface area contributed by atoms with Crippen LogP contribution in [0, 0.1) is 6.92 Å². The van der Waals surface area contributed by atoms with E-state index in [0.717, 1.165) is 41.4 Å². The molecule has 1 aromatic heterocycles. The molecule has 1 amide bonds. The molecule has 0 saturated carbocycles. The van der Waals surface area contributed by atoms with E-state index < -0.39 is 0 Å². The molecule has 0 aromatic carbocycles. The lowest BCUT2D eigenvalue weighted by molar-refractivity contribution is 0.0747. The number of carbonyl (C=O) groups is 1. The Morgan fingerprint density at radius 2 is 1.82 bits per heavy atom. The van der Waals surface area contributed by atoms with Gasteiger partial charge in [-0.2, -0.15) is 0 Å². The minimum atomic E-state index is 0.164. The van der Waals surface area contributed by atoms with Gasteiger partial charge in [-0.3, -0.25) is 4.79 Å². The fourth-order valence-corrected chi connectivity index (χ4v) is 3.12. The number of nitrogens with zero attached hydrogens (tertiary/aromatic N) is 1. The fourth-order valence-electron chi connectivity index (χ4n) is 2.21. The molecule has 1 aromatic rings. The van der Waals surface area contributed by atoms with Crippen LogP contribution in [0.25, 0.3) is 0 Å². The minimum absolute atomic E-state index is 0.164. The maximum absolute atomic E-state index is 12.3. The number of nitrogen functional groups attached to an aromatic ring is 1. The van der Waals surface area contributed by atoms with Crippen molar-refractivity contribution in [1.82, 2.24) is 4.90 Å². The van der Waals surface area contributed by atoms with Crippen LogP contribution in [-0.4, -0.2) is 23.9 Å². The molecule has 2 heterocycles. The molecule has 1 aliphatic rings. The van der Waals surface area contributed by atoms with Gasteiger partial charge in [-0.15, -0.1) is 11.3 Å². The molecule has 2 N–H and O–H groups in total. The van der Waals surface area contributed by atoms with Crippen LogP contribution in [0.2, 0.25) is 0 Å². The second kappa shape index (κ2) is 5.54. The molecule has 3 nitrogen and oxygen atoms in total. The third kappa shape index (κ3) is 3.00. The first-order valence-electron chi connectivity index (χ1n) is 6.33. The number of aryl methyl sites for hydroxylation is 1. The van der Waals surface area contributed by atoms with E-state index in [9.17, 15) is 4.79 Å². The summed E-state index contributed by atoms with van der Waals surface area (Å²) in [7, 11) is 0. The van der Waals surface area contributed by atoms with Crippen molar-refractivity contribution in [3.8, 4) is 0 Å². The van der Waals surface area contributed by atoms with Gasteiger partial charge in [-0.05, 0) is 25.8 Å². The van der Waals surface area contributed by atoms with Crippen LogP contribution < -0.4 is 5.73 Å². The Labute approximate surface area is 107 Å². The summed E-state index contributed by atoms with van der Waals surface area (Å²) in [4.78, 5) is 16.1. The second-order valence-electron chi connectivity index (χ2n) is 4.68. The Bertz CT molecular complexity index is 373. The van der Waals surface area contributed by atoms with Crippen molar-refractivity contribution in [2.24, 2.45) is 0 Å². The molecule has 0 aliphatic carbocycles. The summed E-state index contributed by atoms with van der Waals surface area (Å²) in [5.74, 6) is 0.164. The van der Waals surface area contributed by atoms with E-state index in [2.05, 4.69) is 0 Å². The first-order chi connectivity index (χ1) is 8.18. The van der Waals surface area contributed by atoms with E-state index in [4.69, 9.17) is 5.73 Å². The van der Waals surface area contributed by atoms with Gasteiger partial charge >= 0.3 is 0 Å². The maximum atomic E-state index is 12.3. The van der Waals surface area contributed by atoms with Crippen molar-refractivity contribution < 1.29 is 4.79 Å². The molecule has 0 atom stereocenters. The zero-order chi connectivity index (χ0) is 12.3. The molecule has 1 fully saturated rings.